The van der Waals surface area contributed by atoms with Crippen molar-refractivity contribution in [2.45, 2.75) is 37.6 Å². The Morgan fingerprint density at radius 3 is 2.25 bits per heavy atom. The van der Waals surface area contributed by atoms with Crippen molar-refractivity contribution in [3.8, 4) is 0 Å². The van der Waals surface area contributed by atoms with E-state index in [1.165, 1.54) is 12.8 Å². The lowest BCUT2D eigenvalue weighted by Gasteiger charge is -2.29. The first-order valence-corrected chi connectivity index (χ1v) is 5.76. The molecule has 0 N–H and O–H groups in total. The predicted octanol–water partition coefficient (Wildman–Crippen LogP) is 2.75. The van der Waals surface area contributed by atoms with Crippen molar-refractivity contribution in [2.75, 3.05) is 14.1 Å². The summed E-state index contributed by atoms with van der Waals surface area (Å²) in [6, 6.07) is 0.708. The number of hydrogen-bond donors (Lipinski definition) is 0. The molecular formula is C10H20BrN. The van der Waals surface area contributed by atoms with Crippen LogP contribution in [0.5, 0.6) is 0 Å². The zero-order valence-electron chi connectivity index (χ0n) is 8.55. The van der Waals surface area contributed by atoms with Crippen molar-refractivity contribution < 1.29 is 0 Å². The molecular weight excluding hydrogens is 214 g/mol. The quantitative estimate of drug-likeness (QED) is 0.664. The first-order chi connectivity index (χ1) is 5.54. The first kappa shape index (κ1) is 10.5. The Kier molecular flexibility index (Phi) is 3.59. The second-order valence-electron chi connectivity index (χ2n) is 4.37. The molecule has 4 atom stereocenters. The Bertz CT molecular complexity index is 147. The predicted molar refractivity (Wildman–Crippen MR) is 57.8 cm³/mol. The highest BCUT2D eigenvalue weighted by atomic mass is 79.9. The van der Waals surface area contributed by atoms with Crippen molar-refractivity contribution in [1.82, 2.24) is 4.90 Å². The van der Waals surface area contributed by atoms with Gasteiger partial charge in [-0.1, -0.05) is 22.9 Å². The van der Waals surface area contributed by atoms with E-state index in [1.54, 1.807) is 0 Å². The van der Waals surface area contributed by atoms with E-state index in [2.05, 4.69) is 48.8 Å². The van der Waals surface area contributed by atoms with Gasteiger partial charge in [-0.05, 0) is 45.7 Å². The number of alkyl halides is 1. The lowest BCUT2D eigenvalue weighted by molar-refractivity contribution is 0.231. The van der Waals surface area contributed by atoms with E-state index in [0.717, 1.165) is 16.7 Å². The highest BCUT2D eigenvalue weighted by molar-refractivity contribution is 9.09. The molecule has 1 aliphatic rings. The molecule has 0 aromatic carbocycles. The maximum atomic E-state index is 3.81. The third-order valence-corrected chi connectivity index (χ3v) is 4.92. The van der Waals surface area contributed by atoms with E-state index in [4.69, 9.17) is 0 Å². The van der Waals surface area contributed by atoms with Gasteiger partial charge in [-0.2, -0.15) is 0 Å². The summed E-state index contributed by atoms with van der Waals surface area (Å²) >= 11 is 3.81. The van der Waals surface area contributed by atoms with Crippen LogP contribution in [0.25, 0.3) is 0 Å². The number of hydrogen-bond acceptors (Lipinski definition) is 1. The monoisotopic (exact) mass is 233 g/mol. The van der Waals surface area contributed by atoms with E-state index < -0.39 is 0 Å². The summed E-state index contributed by atoms with van der Waals surface area (Å²) in [5.74, 6) is 1.70. The average Bonchev–Trinajstić information content (AvgIpc) is 2.32. The molecule has 0 spiro atoms. The highest BCUT2D eigenvalue weighted by Crippen LogP contribution is 2.39. The van der Waals surface area contributed by atoms with Gasteiger partial charge in [0, 0.05) is 10.9 Å². The minimum Gasteiger partial charge on any atom is -0.306 e. The Morgan fingerprint density at radius 2 is 1.92 bits per heavy atom. The first-order valence-electron chi connectivity index (χ1n) is 4.84. The standard InChI is InChI=1S/C10H20BrN/c1-7-5-6-9(10(7)11)8(2)12(3)4/h7-10H,5-6H2,1-4H3/t7?,8-,9?,10?/m0/s1. The van der Waals surface area contributed by atoms with Crippen LogP contribution in [0.15, 0.2) is 0 Å². The topological polar surface area (TPSA) is 3.24 Å². The number of nitrogens with zero attached hydrogens (tertiary/aromatic N) is 1. The fourth-order valence-corrected chi connectivity index (χ4v) is 3.06. The molecule has 0 radical (unpaired) electrons. The van der Waals surface area contributed by atoms with Gasteiger partial charge in [0.05, 0.1) is 0 Å². The Balaban J connectivity index is 2.53. The maximum absolute atomic E-state index is 3.81. The Hall–Kier alpha value is 0.440. The lowest BCUT2D eigenvalue weighted by Crippen LogP contribution is -2.35. The van der Waals surface area contributed by atoms with Crippen LogP contribution in [0, 0.1) is 11.8 Å². The van der Waals surface area contributed by atoms with Crippen molar-refractivity contribution in [2.24, 2.45) is 11.8 Å². The fourth-order valence-electron chi connectivity index (χ4n) is 2.09. The summed E-state index contributed by atoms with van der Waals surface area (Å²) in [6.45, 7) is 4.68. The number of rotatable bonds is 2. The molecule has 3 unspecified atom stereocenters. The van der Waals surface area contributed by atoms with E-state index in [9.17, 15) is 0 Å². The second kappa shape index (κ2) is 4.10. The van der Waals surface area contributed by atoms with Crippen molar-refractivity contribution in [3.63, 3.8) is 0 Å². The zero-order valence-corrected chi connectivity index (χ0v) is 10.1. The van der Waals surface area contributed by atoms with Crippen LogP contribution < -0.4 is 0 Å². The van der Waals surface area contributed by atoms with Gasteiger partial charge < -0.3 is 4.90 Å². The van der Waals surface area contributed by atoms with Gasteiger partial charge in [0.15, 0.2) is 0 Å². The van der Waals surface area contributed by atoms with Gasteiger partial charge in [0.25, 0.3) is 0 Å². The van der Waals surface area contributed by atoms with Crippen LogP contribution in [-0.4, -0.2) is 29.9 Å². The van der Waals surface area contributed by atoms with Crippen molar-refractivity contribution >= 4 is 15.9 Å². The third-order valence-electron chi connectivity index (χ3n) is 3.34. The maximum Gasteiger partial charge on any atom is 0.0214 e. The van der Waals surface area contributed by atoms with Crippen molar-refractivity contribution in [1.29, 1.82) is 0 Å². The molecule has 2 heteroatoms. The van der Waals surface area contributed by atoms with Gasteiger partial charge in [0.2, 0.25) is 0 Å². The molecule has 0 aliphatic heterocycles. The summed E-state index contributed by atoms with van der Waals surface area (Å²) in [4.78, 5) is 3.06. The number of halogens is 1. The SMILES string of the molecule is CC1CCC([C@H](C)N(C)C)C1Br. The van der Waals surface area contributed by atoms with Crippen LogP contribution >= 0.6 is 15.9 Å². The van der Waals surface area contributed by atoms with E-state index in [1.807, 2.05) is 0 Å². The van der Waals surface area contributed by atoms with E-state index >= 15 is 0 Å². The minimum atomic E-state index is 0.708. The van der Waals surface area contributed by atoms with Gasteiger partial charge in [0.1, 0.15) is 0 Å². The van der Waals surface area contributed by atoms with Gasteiger partial charge >= 0.3 is 0 Å². The fraction of sp³-hybridized carbons (Fsp3) is 1.00. The molecule has 1 nitrogen and oxygen atoms in total. The van der Waals surface area contributed by atoms with Crippen LogP contribution in [0.4, 0.5) is 0 Å². The van der Waals surface area contributed by atoms with Crippen LogP contribution in [-0.2, 0) is 0 Å². The molecule has 0 heterocycles. The van der Waals surface area contributed by atoms with Crippen LogP contribution in [0.1, 0.15) is 26.7 Å². The molecule has 72 valence electrons. The largest absolute Gasteiger partial charge is 0.306 e. The molecule has 1 fully saturated rings. The van der Waals surface area contributed by atoms with Gasteiger partial charge in [-0.15, -0.1) is 0 Å². The smallest absolute Gasteiger partial charge is 0.0214 e. The van der Waals surface area contributed by atoms with Crippen LogP contribution in [0.3, 0.4) is 0 Å². The minimum absolute atomic E-state index is 0.708. The molecule has 0 amide bonds. The molecule has 1 saturated carbocycles. The second-order valence-corrected chi connectivity index (χ2v) is 5.42. The van der Waals surface area contributed by atoms with Gasteiger partial charge in [-0.3, -0.25) is 0 Å². The van der Waals surface area contributed by atoms with Crippen molar-refractivity contribution in [3.05, 3.63) is 0 Å². The van der Waals surface area contributed by atoms with Crippen LogP contribution in [0.2, 0.25) is 0 Å². The average molecular weight is 234 g/mol. The molecule has 0 aromatic heterocycles. The Labute approximate surface area is 84.6 Å². The lowest BCUT2D eigenvalue weighted by atomic mass is 9.97. The molecule has 1 aliphatic carbocycles. The molecule has 0 bridgehead atoms. The zero-order chi connectivity index (χ0) is 9.30. The molecule has 0 saturated heterocycles. The summed E-state index contributed by atoms with van der Waals surface area (Å²) in [6.07, 6.45) is 2.77. The summed E-state index contributed by atoms with van der Waals surface area (Å²) < 4.78 is 0. The van der Waals surface area contributed by atoms with E-state index in [0.29, 0.717) is 6.04 Å². The Morgan fingerprint density at radius 1 is 1.33 bits per heavy atom. The summed E-state index contributed by atoms with van der Waals surface area (Å²) in [5.41, 5.74) is 0. The third kappa shape index (κ3) is 2.02. The normalized spacial score (nSPS) is 39.0. The summed E-state index contributed by atoms with van der Waals surface area (Å²) in [7, 11) is 4.35. The molecule has 1 rings (SSSR count). The van der Waals surface area contributed by atoms with E-state index in [-0.39, 0.29) is 0 Å². The molecule has 12 heavy (non-hydrogen) atoms. The van der Waals surface area contributed by atoms with Gasteiger partial charge in [-0.25, -0.2) is 0 Å². The summed E-state index contributed by atoms with van der Waals surface area (Å²) in [5, 5.41) is 0. The molecule has 0 aromatic rings. The highest BCUT2D eigenvalue weighted by Gasteiger charge is 2.35.